The van der Waals surface area contributed by atoms with Gasteiger partial charge < -0.3 is 15.1 Å². The van der Waals surface area contributed by atoms with Crippen molar-refractivity contribution in [3.63, 3.8) is 0 Å². The summed E-state index contributed by atoms with van der Waals surface area (Å²) in [5.41, 5.74) is 1.82. The highest BCUT2D eigenvalue weighted by Gasteiger charge is 2.20. The van der Waals surface area contributed by atoms with E-state index in [1.165, 1.54) is 29.8 Å². The Hall–Kier alpha value is -3.07. The first-order valence-corrected chi connectivity index (χ1v) is 10.2. The molecular weight excluding hydrogens is 393 g/mol. The van der Waals surface area contributed by atoms with E-state index < -0.39 is 0 Å². The maximum Gasteiger partial charge on any atom is 0.224 e. The Morgan fingerprint density at radius 1 is 1.17 bits per heavy atom. The molecule has 0 aliphatic carbocycles. The van der Waals surface area contributed by atoms with Gasteiger partial charge in [0.25, 0.3) is 0 Å². The van der Waals surface area contributed by atoms with Crippen LogP contribution in [0, 0.1) is 5.82 Å². The molecule has 4 rings (SSSR count). The van der Waals surface area contributed by atoms with Crippen LogP contribution in [0.1, 0.15) is 6.42 Å². The molecule has 1 N–H and O–H groups in total. The van der Waals surface area contributed by atoms with Gasteiger partial charge in [-0.15, -0.1) is 11.3 Å². The van der Waals surface area contributed by atoms with Crippen molar-refractivity contribution in [2.24, 2.45) is 0 Å². The van der Waals surface area contributed by atoms with E-state index in [1.807, 2.05) is 5.38 Å². The van der Waals surface area contributed by atoms with Gasteiger partial charge in [-0.05, 0) is 17.7 Å². The second-order valence-electron chi connectivity index (χ2n) is 6.76. The van der Waals surface area contributed by atoms with Gasteiger partial charge >= 0.3 is 0 Å². The van der Waals surface area contributed by atoms with Crippen molar-refractivity contribution in [2.75, 3.05) is 38.0 Å². The number of hydrogen-bond donors (Lipinski definition) is 1. The summed E-state index contributed by atoms with van der Waals surface area (Å²) in [6.45, 7) is 2.72. The molecule has 9 heteroatoms. The SMILES string of the molecule is O=CN1CCN(C(=O)CCNc2ncnc3scc(-c4ccc(F)cc4)c23)CC1. The third-order valence-electron chi connectivity index (χ3n) is 4.97. The van der Waals surface area contributed by atoms with Crippen LogP contribution < -0.4 is 5.32 Å². The van der Waals surface area contributed by atoms with Gasteiger partial charge in [-0.3, -0.25) is 9.59 Å². The average Bonchev–Trinajstić information content (AvgIpc) is 3.19. The number of rotatable bonds is 6. The van der Waals surface area contributed by atoms with Crippen LogP contribution in [0.25, 0.3) is 21.3 Å². The number of benzene rings is 1. The normalized spacial score (nSPS) is 14.2. The Balaban J connectivity index is 1.44. The van der Waals surface area contributed by atoms with E-state index in [0.29, 0.717) is 45.0 Å². The molecule has 7 nitrogen and oxygen atoms in total. The lowest BCUT2D eigenvalue weighted by molar-refractivity contribution is -0.134. The molecule has 1 aliphatic heterocycles. The molecule has 1 saturated heterocycles. The third-order valence-corrected chi connectivity index (χ3v) is 5.86. The zero-order valence-electron chi connectivity index (χ0n) is 15.7. The number of aromatic nitrogens is 2. The zero-order chi connectivity index (χ0) is 20.2. The second kappa shape index (κ2) is 8.52. The van der Waals surface area contributed by atoms with Gasteiger partial charge in [-0.2, -0.15) is 0 Å². The molecule has 0 atom stereocenters. The number of anilines is 1. The van der Waals surface area contributed by atoms with E-state index in [2.05, 4.69) is 15.3 Å². The van der Waals surface area contributed by atoms with E-state index in [4.69, 9.17) is 0 Å². The summed E-state index contributed by atoms with van der Waals surface area (Å²) in [4.78, 5) is 36.2. The molecule has 3 aromatic rings. The van der Waals surface area contributed by atoms with Crippen LogP contribution in [0.5, 0.6) is 0 Å². The highest BCUT2D eigenvalue weighted by atomic mass is 32.1. The molecule has 0 radical (unpaired) electrons. The molecule has 2 amide bonds. The number of piperazine rings is 1. The Morgan fingerprint density at radius 3 is 2.66 bits per heavy atom. The number of thiophene rings is 1. The zero-order valence-corrected chi connectivity index (χ0v) is 16.5. The second-order valence-corrected chi connectivity index (χ2v) is 7.62. The molecule has 2 aromatic heterocycles. The number of carbonyl (C=O) groups excluding carboxylic acids is 2. The van der Waals surface area contributed by atoms with Crippen molar-refractivity contribution in [2.45, 2.75) is 6.42 Å². The van der Waals surface area contributed by atoms with E-state index in [-0.39, 0.29) is 11.7 Å². The first kappa shape index (κ1) is 19.3. The molecule has 0 saturated carbocycles. The molecular formula is C20H20FN5O2S. The predicted molar refractivity (Wildman–Crippen MR) is 110 cm³/mol. The van der Waals surface area contributed by atoms with Crippen LogP contribution in [-0.4, -0.2) is 64.8 Å². The number of hydrogen-bond acceptors (Lipinski definition) is 6. The molecule has 0 unspecified atom stereocenters. The minimum absolute atomic E-state index is 0.0532. The average molecular weight is 413 g/mol. The van der Waals surface area contributed by atoms with Gasteiger partial charge in [-0.25, -0.2) is 14.4 Å². The molecule has 0 spiro atoms. The summed E-state index contributed by atoms with van der Waals surface area (Å²) in [6, 6.07) is 6.32. The fourth-order valence-electron chi connectivity index (χ4n) is 3.37. The third kappa shape index (κ3) is 4.19. The van der Waals surface area contributed by atoms with Crippen molar-refractivity contribution >= 4 is 39.7 Å². The molecule has 29 heavy (non-hydrogen) atoms. The lowest BCUT2D eigenvalue weighted by atomic mass is 10.1. The number of carbonyl (C=O) groups is 2. The molecule has 1 fully saturated rings. The lowest BCUT2D eigenvalue weighted by Gasteiger charge is -2.32. The maximum atomic E-state index is 13.3. The standard InChI is InChI=1S/C20H20FN5O2S/c21-15-3-1-14(2-4-15)16-11-29-20-18(16)19(23-12-24-20)22-6-5-17(28)26-9-7-25(13-27)8-10-26/h1-4,11-13H,5-10H2,(H,22,23,24). The Morgan fingerprint density at radius 2 is 1.93 bits per heavy atom. The highest BCUT2D eigenvalue weighted by molar-refractivity contribution is 7.17. The summed E-state index contributed by atoms with van der Waals surface area (Å²) >= 11 is 1.50. The van der Waals surface area contributed by atoms with Crippen LogP contribution in [0.2, 0.25) is 0 Å². The number of amides is 2. The smallest absolute Gasteiger partial charge is 0.224 e. The van der Waals surface area contributed by atoms with E-state index in [1.54, 1.807) is 21.9 Å². The predicted octanol–water partition coefficient (Wildman–Crippen LogP) is 2.60. The van der Waals surface area contributed by atoms with Crippen LogP contribution in [0.3, 0.4) is 0 Å². The summed E-state index contributed by atoms with van der Waals surface area (Å²) in [6.07, 6.45) is 2.65. The Bertz CT molecular complexity index is 1020. The fraction of sp³-hybridized carbons (Fsp3) is 0.300. The molecule has 1 aliphatic rings. The number of halogens is 1. The first-order chi connectivity index (χ1) is 14.2. The van der Waals surface area contributed by atoms with Crippen molar-refractivity contribution in [3.8, 4) is 11.1 Å². The van der Waals surface area contributed by atoms with Gasteiger partial charge in [0, 0.05) is 50.1 Å². The van der Waals surface area contributed by atoms with Gasteiger partial charge in [0.05, 0.1) is 5.39 Å². The van der Waals surface area contributed by atoms with Crippen molar-refractivity contribution in [3.05, 3.63) is 41.8 Å². The van der Waals surface area contributed by atoms with Gasteiger partial charge in [0.1, 0.15) is 22.8 Å². The summed E-state index contributed by atoms with van der Waals surface area (Å²) in [7, 11) is 0. The lowest BCUT2D eigenvalue weighted by Crippen LogP contribution is -2.48. The van der Waals surface area contributed by atoms with Crippen LogP contribution >= 0.6 is 11.3 Å². The molecule has 3 heterocycles. The van der Waals surface area contributed by atoms with Gasteiger partial charge in [-0.1, -0.05) is 12.1 Å². The molecule has 0 bridgehead atoms. The minimum Gasteiger partial charge on any atom is -0.369 e. The van der Waals surface area contributed by atoms with Crippen LogP contribution in [0.4, 0.5) is 10.2 Å². The van der Waals surface area contributed by atoms with Crippen LogP contribution in [-0.2, 0) is 9.59 Å². The van der Waals surface area contributed by atoms with Gasteiger partial charge in [0.15, 0.2) is 0 Å². The van der Waals surface area contributed by atoms with E-state index >= 15 is 0 Å². The largest absolute Gasteiger partial charge is 0.369 e. The number of fused-ring (bicyclic) bond motifs is 1. The van der Waals surface area contributed by atoms with E-state index in [9.17, 15) is 14.0 Å². The topological polar surface area (TPSA) is 78.4 Å². The Labute approximate surface area is 171 Å². The first-order valence-electron chi connectivity index (χ1n) is 9.35. The van der Waals surface area contributed by atoms with Gasteiger partial charge in [0.2, 0.25) is 12.3 Å². The summed E-state index contributed by atoms with van der Waals surface area (Å²) in [5.74, 6) is 0.432. The summed E-state index contributed by atoms with van der Waals surface area (Å²) in [5, 5.41) is 6.11. The molecule has 1 aromatic carbocycles. The quantitative estimate of drug-likeness (QED) is 0.629. The maximum absolute atomic E-state index is 13.3. The Kier molecular flexibility index (Phi) is 5.66. The van der Waals surface area contributed by atoms with Crippen LogP contribution in [0.15, 0.2) is 36.0 Å². The number of nitrogens with zero attached hydrogens (tertiary/aromatic N) is 4. The van der Waals surface area contributed by atoms with Crippen molar-refractivity contribution < 1.29 is 14.0 Å². The fourth-order valence-corrected chi connectivity index (χ4v) is 4.29. The highest BCUT2D eigenvalue weighted by Crippen LogP contribution is 2.36. The number of nitrogens with one attached hydrogen (secondary N) is 1. The molecule has 150 valence electrons. The van der Waals surface area contributed by atoms with E-state index in [0.717, 1.165) is 27.8 Å². The summed E-state index contributed by atoms with van der Waals surface area (Å²) < 4.78 is 13.3. The minimum atomic E-state index is -0.282. The van der Waals surface area contributed by atoms with Crippen molar-refractivity contribution in [1.29, 1.82) is 0 Å². The monoisotopic (exact) mass is 413 g/mol. The van der Waals surface area contributed by atoms with Crippen molar-refractivity contribution in [1.82, 2.24) is 19.8 Å².